The maximum atomic E-state index is 12.0. The SMILES string of the molecule is COCc1ccccc1C(=O)NCC1(O)CCC1. The van der Waals surface area contributed by atoms with Gasteiger partial charge in [-0.2, -0.15) is 0 Å². The van der Waals surface area contributed by atoms with Crippen molar-refractivity contribution < 1.29 is 14.6 Å². The van der Waals surface area contributed by atoms with Gasteiger partial charge < -0.3 is 15.2 Å². The summed E-state index contributed by atoms with van der Waals surface area (Å²) in [5.41, 5.74) is 0.784. The molecule has 0 saturated heterocycles. The van der Waals surface area contributed by atoms with E-state index in [-0.39, 0.29) is 5.91 Å². The molecule has 4 nitrogen and oxygen atoms in total. The summed E-state index contributed by atoms with van der Waals surface area (Å²) in [6, 6.07) is 7.35. The van der Waals surface area contributed by atoms with E-state index in [2.05, 4.69) is 5.32 Å². The highest BCUT2D eigenvalue weighted by Crippen LogP contribution is 2.30. The van der Waals surface area contributed by atoms with Crippen LogP contribution in [-0.2, 0) is 11.3 Å². The van der Waals surface area contributed by atoms with Crippen molar-refractivity contribution >= 4 is 5.91 Å². The van der Waals surface area contributed by atoms with Crippen LogP contribution >= 0.6 is 0 Å². The molecule has 0 aromatic heterocycles. The first kappa shape index (κ1) is 13.1. The Labute approximate surface area is 107 Å². The molecule has 1 fully saturated rings. The lowest BCUT2D eigenvalue weighted by molar-refractivity contribution is -0.0300. The van der Waals surface area contributed by atoms with Crippen molar-refractivity contribution in [1.29, 1.82) is 0 Å². The monoisotopic (exact) mass is 249 g/mol. The fraction of sp³-hybridized carbons (Fsp3) is 0.500. The number of rotatable bonds is 5. The van der Waals surface area contributed by atoms with Gasteiger partial charge in [0.25, 0.3) is 5.91 Å². The largest absolute Gasteiger partial charge is 0.388 e. The molecule has 0 bridgehead atoms. The first-order valence-corrected chi connectivity index (χ1v) is 6.22. The molecule has 0 radical (unpaired) electrons. The molecular formula is C14H19NO3. The van der Waals surface area contributed by atoms with Crippen molar-refractivity contribution in [2.45, 2.75) is 31.5 Å². The Morgan fingerprint density at radius 3 is 2.78 bits per heavy atom. The number of hydrogen-bond donors (Lipinski definition) is 2. The van der Waals surface area contributed by atoms with E-state index in [1.165, 1.54) is 0 Å². The second-order valence-corrected chi connectivity index (χ2v) is 4.85. The fourth-order valence-corrected chi connectivity index (χ4v) is 2.12. The standard InChI is InChI=1S/C14H19NO3/c1-18-9-11-5-2-3-6-12(11)13(16)15-10-14(17)7-4-8-14/h2-3,5-6,17H,4,7-10H2,1H3,(H,15,16). The van der Waals surface area contributed by atoms with E-state index in [9.17, 15) is 9.90 Å². The molecule has 0 spiro atoms. The molecule has 1 aliphatic rings. The zero-order chi connectivity index (χ0) is 13.0. The fourth-order valence-electron chi connectivity index (χ4n) is 2.12. The quantitative estimate of drug-likeness (QED) is 0.831. The Morgan fingerprint density at radius 1 is 1.44 bits per heavy atom. The predicted molar refractivity (Wildman–Crippen MR) is 68.3 cm³/mol. The average Bonchev–Trinajstić information content (AvgIpc) is 2.35. The number of methoxy groups -OCH3 is 1. The van der Waals surface area contributed by atoms with Gasteiger partial charge in [0.1, 0.15) is 0 Å². The van der Waals surface area contributed by atoms with Crippen LogP contribution in [0.4, 0.5) is 0 Å². The van der Waals surface area contributed by atoms with Gasteiger partial charge >= 0.3 is 0 Å². The summed E-state index contributed by atoms with van der Waals surface area (Å²) in [7, 11) is 1.60. The number of benzene rings is 1. The van der Waals surface area contributed by atoms with Gasteiger partial charge in [0, 0.05) is 19.2 Å². The summed E-state index contributed by atoms with van der Waals surface area (Å²) in [6.07, 6.45) is 2.58. The normalized spacial score (nSPS) is 17.0. The van der Waals surface area contributed by atoms with Crippen molar-refractivity contribution in [2.75, 3.05) is 13.7 Å². The molecule has 1 aromatic carbocycles. The van der Waals surface area contributed by atoms with Crippen LogP contribution in [0.5, 0.6) is 0 Å². The van der Waals surface area contributed by atoms with Gasteiger partial charge in [-0.3, -0.25) is 4.79 Å². The number of carbonyl (C=O) groups is 1. The van der Waals surface area contributed by atoms with Crippen LogP contribution in [-0.4, -0.2) is 30.3 Å². The van der Waals surface area contributed by atoms with Crippen molar-refractivity contribution in [3.63, 3.8) is 0 Å². The predicted octanol–water partition coefficient (Wildman–Crippen LogP) is 1.48. The summed E-state index contributed by atoms with van der Waals surface area (Å²) in [4.78, 5) is 12.0. The zero-order valence-electron chi connectivity index (χ0n) is 10.6. The number of hydrogen-bond acceptors (Lipinski definition) is 3. The molecule has 0 aliphatic heterocycles. The van der Waals surface area contributed by atoms with Crippen molar-refractivity contribution in [2.24, 2.45) is 0 Å². The van der Waals surface area contributed by atoms with E-state index >= 15 is 0 Å². The lowest BCUT2D eigenvalue weighted by Gasteiger charge is -2.36. The van der Waals surface area contributed by atoms with Gasteiger partial charge in [0.2, 0.25) is 0 Å². The molecule has 1 aliphatic carbocycles. The summed E-state index contributed by atoms with van der Waals surface area (Å²) in [6.45, 7) is 0.737. The Bertz CT molecular complexity index is 427. The van der Waals surface area contributed by atoms with E-state index in [1.807, 2.05) is 18.2 Å². The van der Waals surface area contributed by atoms with Gasteiger partial charge in [-0.15, -0.1) is 0 Å². The second-order valence-electron chi connectivity index (χ2n) is 4.85. The molecule has 1 aromatic rings. The molecule has 18 heavy (non-hydrogen) atoms. The highest BCUT2D eigenvalue weighted by atomic mass is 16.5. The van der Waals surface area contributed by atoms with Crippen molar-refractivity contribution in [1.82, 2.24) is 5.32 Å². The van der Waals surface area contributed by atoms with Gasteiger partial charge in [0.15, 0.2) is 0 Å². The van der Waals surface area contributed by atoms with Gasteiger partial charge in [-0.1, -0.05) is 18.2 Å². The summed E-state index contributed by atoms with van der Waals surface area (Å²) < 4.78 is 5.07. The molecule has 0 atom stereocenters. The Hall–Kier alpha value is -1.39. The van der Waals surface area contributed by atoms with Crippen LogP contribution in [0.25, 0.3) is 0 Å². The molecular weight excluding hydrogens is 230 g/mol. The Kier molecular flexibility index (Phi) is 3.99. The van der Waals surface area contributed by atoms with E-state index < -0.39 is 5.60 Å². The minimum absolute atomic E-state index is 0.150. The van der Waals surface area contributed by atoms with E-state index in [0.29, 0.717) is 18.7 Å². The van der Waals surface area contributed by atoms with Crippen LogP contribution < -0.4 is 5.32 Å². The maximum absolute atomic E-state index is 12.0. The first-order valence-electron chi connectivity index (χ1n) is 6.22. The number of carbonyl (C=O) groups excluding carboxylic acids is 1. The van der Waals surface area contributed by atoms with E-state index in [4.69, 9.17) is 4.74 Å². The molecule has 0 unspecified atom stereocenters. The molecule has 0 heterocycles. The number of amides is 1. The Balaban J connectivity index is 1.99. The third-order valence-corrected chi connectivity index (χ3v) is 3.42. The van der Waals surface area contributed by atoms with Crippen LogP contribution in [0.3, 0.4) is 0 Å². The minimum atomic E-state index is -0.689. The summed E-state index contributed by atoms with van der Waals surface area (Å²) in [5.74, 6) is -0.150. The zero-order valence-corrected chi connectivity index (χ0v) is 10.6. The van der Waals surface area contributed by atoms with Gasteiger partial charge in [0.05, 0.1) is 12.2 Å². The number of aliphatic hydroxyl groups is 1. The first-order chi connectivity index (χ1) is 8.64. The van der Waals surface area contributed by atoms with Crippen molar-refractivity contribution in [3.05, 3.63) is 35.4 Å². The third kappa shape index (κ3) is 2.89. The smallest absolute Gasteiger partial charge is 0.251 e. The van der Waals surface area contributed by atoms with Gasteiger partial charge in [-0.25, -0.2) is 0 Å². The topological polar surface area (TPSA) is 58.6 Å². The van der Waals surface area contributed by atoms with Crippen molar-refractivity contribution in [3.8, 4) is 0 Å². The average molecular weight is 249 g/mol. The molecule has 1 saturated carbocycles. The lowest BCUT2D eigenvalue weighted by atomic mass is 9.80. The summed E-state index contributed by atoms with van der Waals surface area (Å²) in [5, 5.41) is 12.7. The minimum Gasteiger partial charge on any atom is -0.388 e. The van der Waals surface area contributed by atoms with Crippen LogP contribution in [0.15, 0.2) is 24.3 Å². The maximum Gasteiger partial charge on any atom is 0.251 e. The van der Waals surface area contributed by atoms with Crippen LogP contribution in [0.2, 0.25) is 0 Å². The van der Waals surface area contributed by atoms with Crippen LogP contribution in [0.1, 0.15) is 35.2 Å². The molecule has 1 amide bonds. The highest BCUT2D eigenvalue weighted by Gasteiger charge is 2.34. The Morgan fingerprint density at radius 2 is 2.17 bits per heavy atom. The van der Waals surface area contributed by atoms with E-state index in [0.717, 1.165) is 24.8 Å². The third-order valence-electron chi connectivity index (χ3n) is 3.42. The molecule has 2 N–H and O–H groups in total. The number of nitrogens with one attached hydrogen (secondary N) is 1. The molecule has 98 valence electrons. The molecule has 2 rings (SSSR count). The van der Waals surface area contributed by atoms with E-state index in [1.54, 1.807) is 13.2 Å². The lowest BCUT2D eigenvalue weighted by Crippen LogP contribution is -2.47. The second kappa shape index (κ2) is 5.50. The van der Waals surface area contributed by atoms with Crippen LogP contribution in [0, 0.1) is 0 Å². The number of ether oxygens (including phenoxy) is 1. The molecule has 4 heteroatoms. The highest BCUT2D eigenvalue weighted by molar-refractivity contribution is 5.95. The van der Waals surface area contributed by atoms with Gasteiger partial charge in [-0.05, 0) is 30.9 Å². The summed E-state index contributed by atoms with van der Waals surface area (Å²) >= 11 is 0.